The van der Waals surface area contributed by atoms with Gasteiger partial charge in [0.2, 0.25) is 17.7 Å². The van der Waals surface area contributed by atoms with Crippen molar-refractivity contribution in [1.82, 2.24) is 20.0 Å². The van der Waals surface area contributed by atoms with E-state index in [2.05, 4.69) is 23.4 Å². The molecule has 4 saturated heterocycles. The number of likely N-dealkylation sites (tertiary alicyclic amines) is 1. The van der Waals surface area contributed by atoms with Crippen LogP contribution in [-0.2, 0) is 38.1 Å². The maximum atomic E-state index is 14.8. The normalized spacial score (nSPS) is 26.2. The largest absolute Gasteiger partial charge is 0.455 e. The third kappa shape index (κ3) is 9.37. The van der Waals surface area contributed by atoms with Crippen LogP contribution in [-0.4, -0.2) is 140 Å². The molecule has 1 aromatic carbocycles. The van der Waals surface area contributed by atoms with E-state index >= 15 is 0 Å². The fourth-order valence-electron chi connectivity index (χ4n) is 8.52. The van der Waals surface area contributed by atoms with Crippen molar-refractivity contribution in [2.24, 2.45) is 11.8 Å². The number of allylic oxidation sites excluding steroid dienone is 1. The second-order valence-corrected chi connectivity index (χ2v) is 14.5. The van der Waals surface area contributed by atoms with Gasteiger partial charge in [-0.05, 0) is 37.7 Å². The maximum Gasteiger partial charge on any atom is 0.313 e. The van der Waals surface area contributed by atoms with Crippen molar-refractivity contribution in [3.8, 4) is 0 Å². The predicted octanol–water partition coefficient (Wildman–Crippen LogP) is 2.64. The molecule has 292 valence electrons. The first-order chi connectivity index (χ1) is 25.8. The molecule has 0 aromatic heterocycles. The Morgan fingerprint density at radius 1 is 1.09 bits per heavy atom. The zero-order valence-electron chi connectivity index (χ0n) is 31.2. The monoisotopic (exact) mass is 738 g/mol. The highest BCUT2D eigenvalue weighted by Gasteiger charge is 2.75. The first kappa shape index (κ1) is 40.6. The highest BCUT2D eigenvalue weighted by Crippen LogP contribution is 2.59. The first-order valence-electron chi connectivity index (χ1n) is 19.2. The molecular weight excluding hydrogens is 680 g/mol. The van der Waals surface area contributed by atoms with Crippen LogP contribution in [0.4, 0.5) is 0 Å². The number of benzene rings is 1. The van der Waals surface area contributed by atoms with Crippen LogP contribution in [0.2, 0.25) is 0 Å². The number of amides is 3. The molecule has 1 spiro atoms. The summed E-state index contributed by atoms with van der Waals surface area (Å²) in [6.07, 6.45) is 6.43. The number of nitrogens with one attached hydrogen (secondary N) is 1. The van der Waals surface area contributed by atoms with Gasteiger partial charge in [0.05, 0.1) is 43.8 Å². The van der Waals surface area contributed by atoms with E-state index in [9.17, 15) is 24.3 Å². The molecular formula is C40H58N4O9. The summed E-state index contributed by atoms with van der Waals surface area (Å²) < 4.78 is 24.1. The molecule has 2 bridgehead atoms. The molecule has 0 aliphatic carbocycles. The quantitative estimate of drug-likeness (QED) is 0.103. The van der Waals surface area contributed by atoms with Gasteiger partial charge in [-0.25, -0.2) is 0 Å². The summed E-state index contributed by atoms with van der Waals surface area (Å²) in [5.74, 6) is -3.14. The second-order valence-electron chi connectivity index (χ2n) is 14.5. The summed E-state index contributed by atoms with van der Waals surface area (Å²) in [4.78, 5) is 62.5. The number of aliphatic hydroxyl groups is 1. The van der Waals surface area contributed by atoms with Gasteiger partial charge in [-0.15, -0.1) is 13.2 Å². The van der Waals surface area contributed by atoms with Gasteiger partial charge >= 0.3 is 5.97 Å². The summed E-state index contributed by atoms with van der Waals surface area (Å²) in [6, 6.07) is 7.56. The van der Waals surface area contributed by atoms with Crippen molar-refractivity contribution in [3.05, 3.63) is 61.2 Å². The average molecular weight is 739 g/mol. The third-order valence-corrected chi connectivity index (χ3v) is 11.1. The minimum Gasteiger partial charge on any atom is -0.455 e. The van der Waals surface area contributed by atoms with Crippen molar-refractivity contribution in [2.75, 3.05) is 72.8 Å². The molecule has 0 saturated carbocycles. The molecule has 13 nitrogen and oxygen atoms in total. The van der Waals surface area contributed by atoms with Crippen LogP contribution in [0, 0.1) is 11.8 Å². The number of rotatable bonds is 22. The van der Waals surface area contributed by atoms with E-state index < -0.39 is 47.7 Å². The summed E-state index contributed by atoms with van der Waals surface area (Å²) in [5.41, 5.74) is -0.514. The van der Waals surface area contributed by atoms with Crippen molar-refractivity contribution >= 4 is 23.7 Å². The van der Waals surface area contributed by atoms with E-state index in [1.165, 1.54) is 7.11 Å². The van der Waals surface area contributed by atoms with E-state index in [1.54, 1.807) is 22.0 Å². The summed E-state index contributed by atoms with van der Waals surface area (Å²) in [6.45, 7) is 12.4. The van der Waals surface area contributed by atoms with Crippen LogP contribution in [0.15, 0.2) is 55.6 Å². The Balaban J connectivity index is 1.42. The van der Waals surface area contributed by atoms with E-state index in [0.717, 1.165) is 25.9 Å². The van der Waals surface area contributed by atoms with Gasteiger partial charge < -0.3 is 39.2 Å². The minimum absolute atomic E-state index is 0.0772. The Kier molecular flexibility index (Phi) is 15.0. The molecule has 2 N–H and O–H groups in total. The zero-order valence-corrected chi connectivity index (χ0v) is 31.2. The summed E-state index contributed by atoms with van der Waals surface area (Å²) in [5, 5.41) is 12.3. The topological polar surface area (TPSA) is 147 Å². The number of hydrogen-bond donors (Lipinski definition) is 2. The molecule has 7 atom stereocenters. The van der Waals surface area contributed by atoms with Crippen LogP contribution in [0.3, 0.4) is 0 Å². The van der Waals surface area contributed by atoms with Gasteiger partial charge in [-0.3, -0.25) is 24.1 Å². The summed E-state index contributed by atoms with van der Waals surface area (Å²) in [7, 11) is 1.52. The number of ether oxygens (including phenoxy) is 4. The zero-order chi connectivity index (χ0) is 37.8. The molecule has 5 rings (SSSR count). The number of fused-ring (bicyclic) bond motifs is 1. The Morgan fingerprint density at radius 2 is 1.85 bits per heavy atom. The lowest BCUT2D eigenvalue weighted by molar-refractivity contribution is -0.163. The number of hydrogen-bond acceptors (Lipinski definition) is 10. The molecule has 0 radical (unpaired) electrons. The standard InChI is InChI=1S/C40H58N4O9/c1-4-6-16-32(46)41-30(28-50-3)35(29-14-10-9-11-15-29)52-39(49)33-31-17-18-40(53-31)34(33)37(47)44(20-12-7-8-13-25-45)36(40)38(48)43(19-5-2)22-21-42-23-26-51-27-24-42/h4-5,9-11,14-15,30-31,33-36,45H,1-2,6-8,12-13,16-28H2,3H3,(H,41,46)/t30-,31+,33-,34-,35-,36+,40-/m1/s1. The highest BCUT2D eigenvalue weighted by molar-refractivity contribution is 5.98. The molecule has 13 heteroatoms. The Labute approximate surface area is 313 Å². The van der Waals surface area contributed by atoms with Gasteiger partial charge in [-0.2, -0.15) is 0 Å². The first-order valence-corrected chi connectivity index (χ1v) is 19.2. The van der Waals surface area contributed by atoms with Crippen molar-refractivity contribution < 1.29 is 43.2 Å². The summed E-state index contributed by atoms with van der Waals surface area (Å²) >= 11 is 0. The van der Waals surface area contributed by atoms with Gasteiger partial charge in [0.1, 0.15) is 17.7 Å². The lowest BCUT2D eigenvalue weighted by atomic mass is 9.70. The molecule has 4 fully saturated rings. The fourth-order valence-corrected chi connectivity index (χ4v) is 8.52. The van der Waals surface area contributed by atoms with Crippen LogP contribution in [0.5, 0.6) is 0 Å². The van der Waals surface area contributed by atoms with Gasteiger partial charge in [0.25, 0.3) is 0 Å². The number of carbonyl (C=O) groups is 4. The smallest absolute Gasteiger partial charge is 0.313 e. The van der Waals surface area contributed by atoms with Gasteiger partial charge in [0.15, 0.2) is 0 Å². The fraction of sp³-hybridized carbons (Fsp3) is 0.650. The number of aliphatic hydroxyl groups excluding tert-OH is 1. The molecule has 4 aliphatic rings. The molecule has 4 aliphatic heterocycles. The van der Waals surface area contributed by atoms with Crippen molar-refractivity contribution in [3.63, 3.8) is 0 Å². The maximum absolute atomic E-state index is 14.8. The highest BCUT2D eigenvalue weighted by atomic mass is 16.6. The van der Waals surface area contributed by atoms with Crippen LogP contribution in [0.1, 0.15) is 63.0 Å². The Bertz CT molecular complexity index is 1410. The van der Waals surface area contributed by atoms with Crippen LogP contribution < -0.4 is 5.32 Å². The van der Waals surface area contributed by atoms with E-state index in [1.807, 2.05) is 30.3 Å². The number of carbonyl (C=O) groups excluding carboxylic acids is 4. The molecule has 0 unspecified atom stereocenters. The number of nitrogens with zero attached hydrogens (tertiary/aromatic N) is 3. The number of methoxy groups -OCH3 is 1. The third-order valence-electron chi connectivity index (χ3n) is 11.1. The van der Waals surface area contributed by atoms with E-state index in [-0.39, 0.29) is 37.4 Å². The van der Waals surface area contributed by atoms with Gasteiger partial charge in [-0.1, -0.05) is 55.3 Å². The van der Waals surface area contributed by atoms with E-state index in [0.29, 0.717) is 77.1 Å². The number of unbranched alkanes of at least 4 members (excludes halogenated alkanes) is 3. The molecule has 4 heterocycles. The van der Waals surface area contributed by atoms with Crippen molar-refractivity contribution in [1.29, 1.82) is 0 Å². The number of morpholine rings is 1. The van der Waals surface area contributed by atoms with Gasteiger partial charge in [0, 0.05) is 59.4 Å². The lowest BCUT2D eigenvalue weighted by Crippen LogP contribution is -2.57. The van der Waals surface area contributed by atoms with Crippen LogP contribution in [0.25, 0.3) is 0 Å². The lowest BCUT2D eigenvalue weighted by Gasteiger charge is -2.37. The SMILES string of the molecule is C=CCCC(=O)N[C@H](COC)[C@H](OC(=O)[C@@H]1[C@@H]2CC[C@]3(O2)[C@H](C(=O)N(CC=C)CCN2CCOCC2)N(CCCCCCO)C(=O)[C@@H]13)c1ccccc1. The molecule has 53 heavy (non-hydrogen) atoms. The Hall–Kier alpha value is -3.62. The molecule has 3 amide bonds. The predicted molar refractivity (Wildman–Crippen MR) is 197 cm³/mol. The number of esters is 1. The molecule has 1 aromatic rings. The van der Waals surface area contributed by atoms with E-state index in [4.69, 9.17) is 18.9 Å². The second kappa shape index (κ2) is 19.6. The Morgan fingerprint density at radius 3 is 2.55 bits per heavy atom. The average Bonchev–Trinajstić information content (AvgIpc) is 3.82. The van der Waals surface area contributed by atoms with Crippen molar-refractivity contribution in [2.45, 2.75) is 81.3 Å². The van der Waals surface area contributed by atoms with Crippen LogP contribution >= 0.6 is 0 Å². The minimum atomic E-state index is -1.18.